The van der Waals surface area contributed by atoms with Crippen molar-refractivity contribution in [3.05, 3.63) is 75.5 Å². The van der Waals surface area contributed by atoms with E-state index in [1.807, 2.05) is 0 Å². The molecule has 2 saturated carbocycles. The van der Waals surface area contributed by atoms with Crippen LogP contribution in [-0.4, -0.2) is 52.9 Å². The van der Waals surface area contributed by atoms with Gasteiger partial charge < -0.3 is 24.3 Å². The number of alkyl halides is 2. The number of aromatic amines is 1. The molecule has 0 unspecified atom stereocenters. The highest BCUT2D eigenvalue weighted by molar-refractivity contribution is 7.92. The van der Waals surface area contributed by atoms with Gasteiger partial charge in [-0.05, 0) is 73.4 Å². The van der Waals surface area contributed by atoms with Gasteiger partial charge in [-0.15, -0.1) is 0 Å². The predicted octanol–water partition coefficient (Wildman–Crippen LogP) is 6.01. The van der Waals surface area contributed by atoms with Crippen molar-refractivity contribution in [2.45, 2.75) is 51.2 Å². The Bertz CT molecular complexity index is 1750. The summed E-state index contributed by atoms with van der Waals surface area (Å²) in [5.74, 6) is -0.333. The Morgan fingerprint density at radius 3 is 2.20 bits per heavy atom. The van der Waals surface area contributed by atoms with Crippen LogP contribution < -0.4 is 29.2 Å². The van der Waals surface area contributed by atoms with Crippen LogP contribution in [0.5, 0.6) is 17.2 Å². The van der Waals surface area contributed by atoms with Crippen molar-refractivity contribution in [2.24, 2.45) is 11.8 Å². The summed E-state index contributed by atoms with van der Waals surface area (Å²) < 4.78 is 74.4. The summed E-state index contributed by atoms with van der Waals surface area (Å²) in [6, 6.07) is 8.62. The van der Waals surface area contributed by atoms with Gasteiger partial charge in [-0.25, -0.2) is 13.4 Å². The average Bonchev–Trinajstić information content (AvgIpc) is 3.96. The first kappa shape index (κ1) is 36.4. The van der Waals surface area contributed by atoms with Gasteiger partial charge in [-0.1, -0.05) is 29.3 Å². The number of amides is 1. The summed E-state index contributed by atoms with van der Waals surface area (Å²) in [4.78, 5) is 28.9. The van der Waals surface area contributed by atoms with Gasteiger partial charge in [0, 0.05) is 24.1 Å². The third kappa shape index (κ3) is 11.3. The average molecular weight is 744 g/mol. The Kier molecular flexibility index (Phi) is 12.0. The molecule has 1 heterocycles. The molecule has 11 nitrogen and oxygen atoms in total. The van der Waals surface area contributed by atoms with E-state index in [0.717, 1.165) is 31.9 Å². The summed E-state index contributed by atoms with van der Waals surface area (Å²) in [5.41, 5.74) is 1.31. The molecular weight excluding hydrogens is 707 g/mol. The first-order chi connectivity index (χ1) is 23.3. The number of rotatable bonds is 18. The fourth-order valence-electron chi connectivity index (χ4n) is 4.76. The number of benzene rings is 2. The Labute approximate surface area is 292 Å². The number of aromatic nitrogens is 1. The number of esters is 1. The van der Waals surface area contributed by atoms with E-state index in [1.54, 1.807) is 0 Å². The molecule has 2 aliphatic carbocycles. The van der Waals surface area contributed by atoms with Crippen molar-refractivity contribution in [3.63, 3.8) is 0 Å². The second kappa shape index (κ2) is 16.2. The zero-order valence-electron chi connectivity index (χ0n) is 26.5. The molecule has 5 rings (SSSR count). The Balaban J connectivity index is 1.27. The molecule has 16 heteroatoms. The van der Waals surface area contributed by atoms with Gasteiger partial charge in [0.05, 0.1) is 31.6 Å². The molecule has 3 aromatic rings. The highest BCUT2D eigenvalue weighted by Crippen LogP contribution is 2.38. The number of carbonyl (C=O) groups excluding carboxylic acids is 2. The quantitative estimate of drug-likeness (QED) is 0.151. The lowest BCUT2D eigenvalue weighted by Crippen LogP contribution is -2.27. The summed E-state index contributed by atoms with van der Waals surface area (Å²) in [7, 11) is -3.59. The maximum atomic E-state index is 13.1. The molecule has 0 radical (unpaired) electrons. The van der Waals surface area contributed by atoms with Gasteiger partial charge in [0.1, 0.15) is 21.9 Å². The SMILES string of the molecule is CS(=O)(=O)Nc1ccc(C(=O)NCCC(=O)O[C@@H](Cc2c(Cl)c[nH+]cc2Cl)c2ccc(OC(F)F)c(OCC3CC3)c2)cc1OCC1CC1. The number of carbonyl (C=O) groups is 2. The summed E-state index contributed by atoms with van der Waals surface area (Å²) >= 11 is 12.8. The fourth-order valence-corrected chi connectivity index (χ4v) is 5.86. The number of halogens is 4. The lowest BCUT2D eigenvalue weighted by atomic mass is 10.0. The van der Waals surface area contributed by atoms with Gasteiger partial charge in [-0.2, -0.15) is 8.78 Å². The number of hydrogen-bond acceptors (Lipinski definition) is 8. The molecule has 3 N–H and O–H groups in total. The van der Waals surface area contributed by atoms with Crippen LogP contribution in [-0.2, 0) is 26.0 Å². The minimum absolute atomic E-state index is 0.0407. The van der Waals surface area contributed by atoms with Crippen LogP contribution in [0.3, 0.4) is 0 Å². The van der Waals surface area contributed by atoms with Gasteiger partial charge in [0.2, 0.25) is 10.0 Å². The monoisotopic (exact) mass is 742 g/mol. The van der Waals surface area contributed by atoms with E-state index in [4.69, 9.17) is 37.4 Å². The number of pyridine rings is 1. The van der Waals surface area contributed by atoms with Crippen molar-refractivity contribution in [1.29, 1.82) is 0 Å². The maximum Gasteiger partial charge on any atom is 0.387 e. The van der Waals surface area contributed by atoms with Gasteiger partial charge in [0.25, 0.3) is 5.91 Å². The Hall–Kier alpha value is -3.88. The molecule has 1 amide bonds. The van der Waals surface area contributed by atoms with Crippen LogP contribution in [0.1, 0.15) is 59.7 Å². The smallest absolute Gasteiger partial charge is 0.387 e. The van der Waals surface area contributed by atoms with E-state index in [-0.39, 0.29) is 47.9 Å². The predicted molar refractivity (Wildman–Crippen MR) is 177 cm³/mol. The van der Waals surface area contributed by atoms with E-state index >= 15 is 0 Å². The molecule has 1 aromatic heterocycles. The molecule has 0 aliphatic heterocycles. The van der Waals surface area contributed by atoms with E-state index in [1.165, 1.54) is 48.8 Å². The molecular formula is C33H36Cl2F2N3O8S+. The highest BCUT2D eigenvalue weighted by Gasteiger charge is 2.27. The second-order valence-electron chi connectivity index (χ2n) is 12.0. The van der Waals surface area contributed by atoms with Crippen LogP contribution in [0, 0.1) is 11.8 Å². The molecule has 1 atom stereocenters. The summed E-state index contributed by atoms with van der Waals surface area (Å²) in [6.45, 7) is -2.44. The number of hydrogen-bond donors (Lipinski definition) is 2. The number of sulfonamides is 1. The normalized spacial score (nSPS) is 15.0. The Morgan fingerprint density at radius 1 is 0.939 bits per heavy atom. The molecule has 2 aromatic carbocycles. The van der Waals surface area contributed by atoms with Crippen molar-refractivity contribution >= 4 is 50.8 Å². The zero-order valence-corrected chi connectivity index (χ0v) is 28.8. The minimum Gasteiger partial charge on any atom is -0.491 e. The molecule has 0 bridgehead atoms. The van der Waals surface area contributed by atoms with Gasteiger partial charge >= 0.3 is 12.6 Å². The molecule has 2 aliphatic rings. The van der Waals surface area contributed by atoms with Crippen molar-refractivity contribution in [1.82, 2.24) is 5.32 Å². The zero-order chi connectivity index (χ0) is 35.1. The summed E-state index contributed by atoms with van der Waals surface area (Å²) in [6.07, 6.45) is 6.90. The lowest BCUT2D eigenvalue weighted by molar-refractivity contribution is -0.377. The van der Waals surface area contributed by atoms with Crippen LogP contribution in [0.4, 0.5) is 14.5 Å². The van der Waals surface area contributed by atoms with Crippen LogP contribution >= 0.6 is 23.2 Å². The minimum atomic E-state index is -3.59. The van der Waals surface area contributed by atoms with Crippen LogP contribution in [0.2, 0.25) is 10.0 Å². The van der Waals surface area contributed by atoms with E-state index < -0.39 is 34.6 Å². The molecule has 0 saturated heterocycles. The molecule has 264 valence electrons. The fraction of sp³-hybridized carbons (Fsp3) is 0.424. The number of ether oxygens (including phenoxy) is 4. The number of H-pyrrole nitrogens is 1. The van der Waals surface area contributed by atoms with Crippen molar-refractivity contribution in [2.75, 3.05) is 30.7 Å². The highest BCUT2D eigenvalue weighted by atomic mass is 35.5. The first-order valence-electron chi connectivity index (χ1n) is 15.6. The number of nitrogens with one attached hydrogen (secondary N) is 3. The second-order valence-corrected chi connectivity index (χ2v) is 14.6. The van der Waals surface area contributed by atoms with E-state index in [0.29, 0.717) is 46.2 Å². The van der Waals surface area contributed by atoms with E-state index in [9.17, 15) is 26.8 Å². The van der Waals surface area contributed by atoms with Gasteiger partial charge in [0.15, 0.2) is 23.9 Å². The van der Waals surface area contributed by atoms with Gasteiger partial charge in [-0.3, -0.25) is 14.3 Å². The third-order valence-electron chi connectivity index (χ3n) is 7.71. The third-order valence-corrected chi connectivity index (χ3v) is 8.98. The summed E-state index contributed by atoms with van der Waals surface area (Å²) in [5, 5.41) is 3.25. The molecule has 2 fully saturated rings. The van der Waals surface area contributed by atoms with Crippen LogP contribution in [0.25, 0.3) is 0 Å². The standard InChI is InChI=1S/C33H35Cl2F2N3O8S/c1-49(43,44)40-26-8-6-22(13-29(26)45-17-19-2-3-19)32(42)39-11-10-31(41)47-28(14-23-24(34)15-38-16-25(23)35)21-7-9-27(48-33(36)37)30(12-21)46-18-20-4-5-20/h6-9,12-13,15-16,19-20,28,33,40H,2-5,10-11,14,17-18H2,1H3,(H,39,42)/p+1/t28-/m0/s1. The lowest BCUT2D eigenvalue weighted by Gasteiger charge is -2.21. The Morgan fingerprint density at radius 2 is 1.59 bits per heavy atom. The topological polar surface area (TPSA) is 143 Å². The van der Waals surface area contributed by atoms with E-state index in [2.05, 4.69) is 19.8 Å². The first-order valence-corrected chi connectivity index (χ1v) is 18.3. The largest absolute Gasteiger partial charge is 0.491 e. The maximum absolute atomic E-state index is 13.1. The number of anilines is 1. The van der Waals surface area contributed by atoms with Crippen molar-refractivity contribution < 1.29 is 50.7 Å². The van der Waals surface area contributed by atoms with Crippen LogP contribution in [0.15, 0.2) is 48.8 Å². The molecule has 0 spiro atoms. The van der Waals surface area contributed by atoms with Crippen molar-refractivity contribution in [3.8, 4) is 17.2 Å². The molecule has 49 heavy (non-hydrogen) atoms.